The van der Waals surface area contributed by atoms with Crippen molar-refractivity contribution in [3.05, 3.63) is 35.6 Å². The largest absolute Gasteiger partial charge is 0.396 e. The summed E-state index contributed by atoms with van der Waals surface area (Å²) in [6.07, 6.45) is -0.0269. The Morgan fingerprint density at radius 2 is 1.87 bits per heavy atom. The predicted molar refractivity (Wildman–Crippen MR) is 59.0 cm³/mol. The highest BCUT2D eigenvalue weighted by molar-refractivity contribution is 6.40. The molecule has 15 heavy (non-hydrogen) atoms. The third-order valence-corrected chi connectivity index (χ3v) is 1.51. The van der Waals surface area contributed by atoms with E-state index in [2.05, 4.69) is 0 Å². The van der Waals surface area contributed by atoms with Crippen molar-refractivity contribution in [2.45, 2.75) is 6.42 Å². The van der Waals surface area contributed by atoms with Gasteiger partial charge < -0.3 is 5.11 Å². The summed E-state index contributed by atoms with van der Waals surface area (Å²) in [5, 5.41) is 8.64. The van der Waals surface area contributed by atoms with Crippen LogP contribution in [0.25, 0.3) is 0 Å². The Morgan fingerprint density at radius 3 is 2.33 bits per heavy atom. The SMILES string of the molecule is ClCCl.O=C(CCO)c1ccccc1F. The number of rotatable bonds is 3. The van der Waals surface area contributed by atoms with Gasteiger partial charge in [-0.25, -0.2) is 4.39 Å². The van der Waals surface area contributed by atoms with Crippen LogP contribution in [0.2, 0.25) is 0 Å². The average molecular weight is 253 g/mol. The maximum atomic E-state index is 12.9. The molecule has 1 rings (SSSR count). The fraction of sp³-hybridized carbons (Fsp3) is 0.300. The molecule has 0 heterocycles. The third-order valence-electron chi connectivity index (χ3n) is 1.51. The Bertz CT molecular complexity index is 305. The van der Waals surface area contributed by atoms with Gasteiger partial charge in [-0.2, -0.15) is 0 Å². The molecule has 0 spiro atoms. The van der Waals surface area contributed by atoms with E-state index in [-0.39, 0.29) is 29.7 Å². The summed E-state index contributed by atoms with van der Waals surface area (Å²) < 4.78 is 12.9. The van der Waals surface area contributed by atoms with Crippen LogP contribution in [0, 0.1) is 5.82 Å². The predicted octanol–water partition coefficient (Wildman–Crippen LogP) is 2.81. The van der Waals surface area contributed by atoms with Gasteiger partial charge in [0.15, 0.2) is 5.78 Å². The van der Waals surface area contributed by atoms with E-state index in [0.717, 1.165) is 0 Å². The minimum absolute atomic E-state index is 0.0269. The minimum atomic E-state index is -0.532. The fourth-order valence-corrected chi connectivity index (χ4v) is 0.924. The van der Waals surface area contributed by atoms with E-state index in [4.69, 9.17) is 28.3 Å². The molecular formula is C10H11Cl2FO2. The molecule has 1 aromatic carbocycles. The molecule has 0 amide bonds. The zero-order chi connectivity index (χ0) is 11.7. The standard InChI is InChI=1S/C9H9FO2.CH2Cl2/c10-8-4-2-1-3-7(8)9(12)5-6-11;2-1-3/h1-4,11H,5-6H2;1H2. The summed E-state index contributed by atoms with van der Waals surface area (Å²) in [7, 11) is 0. The highest BCUT2D eigenvalue weighted by atomic mass is 35.5. The third kappa shape index (κ3) is 5.72. The van der Waals surface area contributed by atoms with E-state index < -0.39 is 5.82 Å². The number of Topliss-reactive ketones (excluding diaryl/α,β-unsaturated/α-hetero) is 1. The molecule has 0 saturated carbocycles. The van der Waals surface area contributed by atoms with Crippen LogP contribution < -0.4 is 0 Å². The first kappa shape index (κ1) is 14.4. The van der Waals surface area contributed by atoms with Crippen LogP contribution >= 0.6 is 23.2 Å². The molecule has 0 aliphatic rings. The molecule has 0 atom stereocenters. The van der Waals surface area contributed by atoms with Gasteiger partial charge in [-0.3, -0.25) is 4.79 Å². The molecule has 0 unspecified atom stereocenters. The lowest BCUT2D eigenvalue weighted by Crippen LogP contribution is -2.03. The summed E-state index contributed by atoms with van der Waals surface area (Å²) in [5.41, 5.74) is 0.0477. The number of aliphatic hydroxyl groups is 1. The van der Waals surface area contributed by atoms with Crippen molar-refractivity contribution >= 4 is 29.0 Å². The number of aliphatic hydroxyl groups excluding tert-OH is 1. The molecule has 1 N–H and O–H groups in total. The molecule has 0 aliphatic carbocycles. The molecule has 5 heteroatoms. The van der Waals surface area contributed by atoms with Gasteiger partial charge in [0.1, 0.15) is 5.82 Å². The van der Waals surface area contributed by atoms with Gasteiger partial charge in [0.25, 0.3) is 0 Å². The molecule has 0 fully saturated rings. The number of ketones is 1. The lowest BCUT2D eigenvalue weighted by atomic mass is 10.1. The van der Waals surface area contributed by atoms with Crippen molar-refractivity contribution in [3.63, 3.8) is 0 Å². The number of alkyl halides is 2. The van der Waals surface area contributed by atoms with E-state index >= 15 is 0 Å². The maximum Gasteiger partial charge on any atom is 0.168 e. The van der Waals surface area contributed by atoms with Crippen molar-refractivity contribution in [3.8, 4) is 0 Å². The van der Waals surface area contributed by atoms with E-state index in [1.807, 2.05) is 0 Å². The lowest BCUT2D eigenvalue weighted by molar-refractivity contribution is 0.0953. The van der Waals surface area contributed by atoms with Crippen LogP contribution in [0.5, 0.6) is 0 Å². The van der Waals surface area contributed by atoms with E-state index in [1.54, 1.807) is 6.07 Å². The van der Waals surface area contributed by atoms with Crippen molar-refractivity contribution in [1.82, 2.24) is 0 Å². The first-order valence-corrected chi connectivity index (χ1v) is 5.24. The molecule has 0 bridgehead atoms. The molecule has 0 saturated heterocycles. The smallest absolute Gasteiger partial charge is 0.168 e. The van der Waals surface area contributed by atoms with E-state index in [1.165, 1.54) is 18.2 Å². The topological polar surface area (TPSA) is 37.3 Å². The maximum absolute atomic E-state index is 12.9. The number of hydrogen-bond donors (Lipinski definition) is 1. The monoisotopic (exact) mass is 252 g/mol. The van der Waals surface area contributed by atoms with Crippen LogP contribution in [0.3, 0.4) is 0 Å². The Labute approximate surface area is 97.6 Å². The minimum Gasteiger partial charge on any atom is -0.396 e. The average Bonchev–Trinajstić information content (AvgIpc) is 2.20. The number of hydrogen-bond acceptors (Lipinski definition) is 2. The van der Waals surface area contributed by atoms with Gasteiger partial charge in [-0.1, -0.05) is 12.1 Å². The zero-order valence-electron chi connectivity index (χ0n) is 7.92. The Balaban J connectivity index is 0.000000583. The van der Waals surface area contributed by atoms with Crippen LogP contribution in [-0.2, 0) is 0 Å². The highest BCUT2D eigenvalue weighted by Crippen LogP contribution is 2.08. The molecule has 1 aromatic rings. The van der Waals surface area contributed by atoms with Crippen molar-refractivity contribution < 1.29 is 14.3 Å². The molecular weight excluding hydrogens is 242 g/mol. The summed E-state index contributed by atoms with van der Waals surface area (Å²) in [4.78, 5) is 11.1. The van der Waals surface area contributed by atoms with Gasteiger partial charge in [-0.15, -0.1) is 23.2 Å². The Hall–Kier alpha value is -0.640. The highest BCUT2D eigenvalue weighted by Gasteiger charge is 2.08. The Morgan fingerprint density at radius 1 is 1.33 bits per heavy atom. The Kier molecular flexibility index (Phi) is 8.28. The van der Waals surface area contributed by atoms with Crippen LogP contribution in [0.15, 0.2) is 24.3 Å². The van der Waals surface area contributed by atoms with Gasteiger partial charge in [-0.05, 0) is 12.1 Å². The van der Waals surface area contributed by atoms with Crippen molar-refractivity contribution in [1.29, 1.82) is 0 Å². The number of halogens is 3. The quantitative estimate of drug-likeness (QED) is 0.664. The molecule has 0 aromatic heterocycles. The molecule has 0 radical (unpaired) electrons. The first-order valence-electron chi connectivity index (χ1n) is 4.17. The van der Waals surface area contributed by atoms with Gasteiger partial charge in [0, 0.05) is 6.42 Å². The van der Waals surface area contributed by atoms with E-state index in [9.17, 15) is 9.18 Å². The van der Waals surface area contributed by atoms with Crippen molar-refractivity contribution in [2.24, 2.45) is 0 Å². The van der Waals surface area contributed by atoms with E-state index in [0.29, 0.717) is 0 Å². The number of benzene rings is 1. The van der Waals surface area contributed by atoms with Crippen molar-refractivity contribution in [2.75, 3.05) is 11.9 Å². The second kappa shape index (κ2) is 8.65. The summed E-state index contributed by atoms with van der Waals surface area (Å²) in [5.74, 6) is -0.897. The number of carbonyl (C=O) groups excluding carboxylic acids is 1. The molecule has 0 aliphatic heterocycles. The summed E-state index contributed by atoms with van der Waals surface area (Å²) in [6.45, 7) is -0.243. The van der Waals surface area contributed by atoms with Crippen LogP contribution in [0.4, 0.5) is 4.39 Å². The van der Waals surface area contributed by atoms with Gasteiger partial charge in [0.05, 0.1) is 17.5 Å². The second-order valence-corrected chi connectivity index (χ2v) is 3.29. The molecule has 84 valence electrons. The first-order chi connectivity index (χ1) is 7.17. The van der Waals surface area contributed by atoms with Gasteiger partial charge in [0.2, 0.25) is 0 Å². The molecule has 2 nitrogen and oxygen atoms in total. The lowest BCUT2D eigenvalue weighted by Gasteiger charge is -1.98. The fourth-order valence-electron chi connectivity index (χ4n) is 0.924. The van der Waals surface area contributed by atoms with Crippen LogP contribution in [-0.4, -0.2) is 22.8 Å². The van der Waals surface area contributed by atoms with Crippen LogP contribution in [0.1, 0.15) is 16.8 Å². The zero-order valence-corrected chi connectivity index (χ0v) is 9.43. The number of carbonyl (C=O) groups is 1. The normalized spacial score (nSPS) is 9.07. The summed E-state index contributed by atoms with van der Waals surface area (Å²) >= 11 is 9.53. The second-order valence-electron chi connectivity index (χ2n) is 2.48. The van der Waals surface area contributed by atoms with Gasteiger partial charge >= 0.3 is 0 Å². The summed E-state index contributed by atoms with van der Waals surface area (Å²) in [6, 6.07) is 5.75.